The van der Waals surface area contributed by atoms with Crippen molar-refractivity contribution >= 4 is 22.8 Å². The number of ether oxygens (including phenoxy) is 1. The number of benzene rings is 1. The fraction of sp³-hybridized carbons (Fsp3) is 0.438. The number of hydrogen-bond acceptors (Lipinski definition) is 4. The second-order valence-electron chi connectivity index (χ2n) is 5.66. The summed E-state index contributed by atoms with van der Waals surface area (Å²) in [4.78, 5) is 32.8. The molecular formula is C16H20N4O3. The topological polar surface area (TPSA) is 101 Å². The van der Waals surface area contributed by atoms with E-state index in [0.29, 0.717) is 32.4 Å². The van der Waals surface area contributed by atoms with Gasteiger partial charge in [0.05, 0.1) is 24.2 Å². The Kier molecular flexibility index (Phi) is 4.57. The Bertz CT molecular complexity index is 679. The third-order valence-corrected chi connectivity index (χ3v) is 3.98. The van der Waals surface area contributed by atoms with Crippen LogP contribution in [0.3, 0.4) is 0 Å². The number of hydrogen-bond donors (Lipinski definition) is 2. The molecular weight excluding hydrogens is 296 g/mol. The lowest BCUT2D eigenvalue weighted by Gasteiger charge is -2.31. The fourth-order valence-corrected chi connectivity index (χ4v) is 2.74. The number of imidazole rings is 1. The van der Waals surface area contributed by atoms with Crippen LogP contribution in [-0.4, -0.2) is 52.5 Å². The molecule has 0 bridgehead atoms. The van der Waals surface area contributed by atoms with Crippen LogP contribution in [-0.2, 0) is 20.7 Å². The minimum atomic E-state index is -0.692. The van der Waals surface area contributed by atoms with Gasteiger partial charge in [-0.25, -0.2) is 4.98 Å². The van der Waals surface area contributed by atoms with E-state index in [1.165, 1.54) is 0 Å². The van der Waals surface area contributed by atoms with Gasteiger partial charge in [0.2, 0.25) is 11.8 Å². The van der Waals surface area contributed by atoms with Crippen LogP contribution in [0.2, 0.25) is 0 Å². The number of carbonyl (C=O) groups excluding carboxylic acids is 2. The summed E-state index contributed by atoms with van der Waals surface area (Å²) in [6, 6.07) is 7.85. The predicted molar refractivity (Wildman–Crippen MR) is 84.5 cm³/mol. The van der Waals surface area contributed by atoms with Crippen molar-refractivity contribution < 1.29 is 14.3 Å². The summed E-state index contributed by atoms with van der Waals surface area (Å²) < 4.78 is 5.24. The van der Waals surface area contributed by atoms with E-state index in [1.54, 1.807) is 4.90 Å². The van der Waals surface area contributed by atoms with E-state index in [9.17, 15) is 9.59 Å². The van der Waals surface area contributed by atoms with Gasteiger partial charge in [-0.3, -0.25) is 9.59 Å². The van der Waals surface area contributed by atoms with Gasteiger partial charge in [-0.05, 0) is 18.6 Å². The molecule has 7 nitrogen and oxygen atoms in total. The van der Waals surface area contributed by atoms with Crippen LogP contribution in [0, 0.1) is 0 Å². The Morgan fingerprint density at radius 2 is 2.22 bits per heavy atom. The lowest BCUT2D eigenvalue weighted by Crippen LogP contribution is -2.50. The van der Waals surface area contributed by atoms with E-state index in [4.69, 9.17) is 10.5 Å². The largest absolute Gasteiger partial charge is 0.367 e. The summed E-state index contributed by atoms with van der Waals surface area (Å²) in [5.41, 5.74) is 7.17. The van der Waals surface area contributed by atoms with Crippen molar-refractivity contribution in [2.45, 2.75) is 25.4 Å². The number of aromatic amines is 1. The molecule has 0 aliphatic carbocycles. The number of aromatic nitrogens is 2. The zero-order valence-corrected chi connectivity index (χ0v) is 12.8. The van der Waals surface area contributed by atoms with E-state index >= 15 is 0 Å². The molecule has 0 spiro atoms. The molecule has 1 saturated heterocycles. The maximum atomic E-state index is 12.2. The Balaban J connectivity index is 1.50. The molecule has 0 radical (unpaired) electrons. The zero-order valence-electron chi connectivity index (χ0n) is 12.8. The Morgan fingerprint density at radius 3 is 3.00 bits per heavy atom. The van der Waals surface area contributed by atoms with Crippen LogP contribution in [0.25, 0.3) is 11.0 Å². The van der Waals surface area contributed by atoms with E-state index in [-0.39, 0.29) is 12.5 Å². The van der Waals surface area contributed by atoms with E-state index in [1.807, 2.05) is 24.3 Å². The highest BCUT2D eigenvalue weighted by molar-refractivity contribution is 5.81. The number of nitrogens with one attached hydrogen (secondary N) is 1. The molecule has 1 aliphatic rings. The average molecular weight is 316 g/mol. The summed E-state index contributed by atoms with van der Waals surface area (Å²) in [5.74, 6) is 0.386. The Morgan fingerprint density at radius 1 is 1.39 bits per heavy atom. The average Bonchev–Trinajstić information content (AvgIpc) is 2.97. The van der Waals surface area contributed by atoms with Gasteiger partial charge < -0.3 is 20.4 Å². The number of rotatable bonds is 5. The van der Waals surface area contributed by atoms with Crippen LogP contribution in [0.1, 0.15) is 18.7 Å². The number of nitrogens with two attached hydrogens (primary N) is 1. The monoisotopic (exact) mass is 316 g/mol. The predicted octanol–water partition coefficient (Wildman–Crippen LogP) is 0.598. The van der Waals surface area contributed by atoms with Gasteiger partial charge in [-0.15, -0.1) is 0 Å². The SMILES string of the molecule is NC(=O)[C@H]1CN(C(=O)CCCc2nc3ccccc3[nH]2)CCO1. The van der Waals surface area contributed by atoms with Crippen molar-refractivity contribution in [3.8, 4) is 0 Å². The fourth-order valence-electron chi connectivity index (χ4n) is 2.74. The number of morpholine rings is 1. The van der Waals surface area contributed by atoms with Crippen molar-refractivity contribution in [2.24, 2.45) is 5.73 Å². The zero-order chi connectivity index (χ0) is 16.2. The highest BCUT2D eigenvalue weighted by Gasteiger charge is 2.27. The van der Waals surface area contributed by atoms with Crippen molar-refractivity contribution in [1.29, 1.82) is 0 Å². The van der Waals surface area contributed by atoms with Crippen LogP contribution >= 0.6 is 0 Å². The smallest absolute Gasteiger partial charge is 0.248 e. The molecule has 0 unspecified atom stereocenters. The number of fused-ring (bicyclic) bond motifs is 1. The minimum Gasteiger partial charge on any atom is -0.367 e. The highest BCUT2D eigenvalue weighted by atomic mass is 16.5. The van der Waals surface area contributed by atoms with E-state index in [0.717, 1.165) is 16.9 Å². The third kappa shape index (κ3) is 3.68. The molecule has 2 aromatic rings. The third-order valence-electron chi connectivity index (χ3n) is 3.98. The molecule has 0 saturated carbocycles. The first kappa shape index (κ1) is 15.5. The van der Waals surface area contributed by atoms with Gasteiger partial charge in [0.1, 0.15) is 5.82 Å². The van der Waals surface area contributed by atoms with Crippen molar-refractivity contribution in [3.63, 3.8) is 0 Å². The molecule has 122 valence electrons. The van der Waals surface area contributed by atoms with Crippen molar-refractivity contribution in [2.75, 3.05) is 19.7 Å². The van der Waals surface area contributed by atoms with E-state index < -0.39 is 12.0 Å². The summed E-state index contributed by atoms with van der Waals surface area (Å²) in [6.45, 7) is 1.11. The lowest BCUT2D eigenvalue weighted by atomic mass is 10.2. The number of amides is 2. The number of H-pyrrole nitrogens is 1. The number of aryl methyl sites for hydroxylation is 1. The summed E-state index contributed by atoms with van der Waals surface area (Å²) in [7, 11) is 0. The maximum Gasteiger partial charge on any atom is 0.248 e. The first-order valence-electron chi connectivity index (χ1n) is 7.76. The minimum absolute atomic E-state index is 0.0238. The second kappa shape index (κ2) is 6.78. The Hall–Kier alpha value is -2.41. The number of primary amides is 1. The standard InChI is InChI=1S/C16H20N4O3/c17-16(22)13-10-20(8-9-23-13)15(21)7-3-6-14-18-11-4-1-2-5-12(11)19-14/h1-2,4-5,13H,3,6-10H2,(H2,17,22)(H,18,19)/t13-/m1/s1. The van der Waals surface area contributed by atoms with Crippen LogP contribution in [0.4, 0.5) is 0 Å². The van der Waals surface area contributed by atoms with Crippen molar-refractivity contribution in [1.82, 2.24) is 14.9 Å². The molecule has 3 rings (SSSR count). The van der Waals surface area contributed by atoms with Gasteiger partial charge in [0.25, 0.3) is 0 Å². The molecule has 1 aliphatic heterocycles. The number of nitrogens with zero attached hydrogens (tertiary/aromatic N) is 2. The van der Waals surface area contributed by atoms with Crippen LogP contribution in [0.15, 0.2) is 24.3 Å². The van der Waals surface area contributed by atoms with Crippen molar-refractivity contribution in [3.05, 3.63) is 30.1 Å². The first-order valence-corrected chi connectivity index (χ1v) is 7.76. The summed E-state index contributed by atoms with van der Waals surface area (Å²) in [6.07, 6.45) is 1.15. The Labute approximate surface area is 133 Å². The molecule has 7 heteroatoms. The molecule has 1 atom stereocenters. The summed E-state index contributed by atoms with van der Waals surface area (Å²) in [5, 5.41) is 0. The van der Waals surface area contributed by atoms with Gasteiger partial charge in [-0.1, -0.05) is 12.1 Å². The molecule has 1 aromatic carbocycles. The molecule has 1 fully saturated rings. The van der Waals surface area contributed by atoms with Gasteiger partial charge in [0, 0.05) is 19.4 Å². The molecule has 3 N–H and O–H groups in total. The van der Waals surface area contributed by atoms with E-state index in [2.05, 4.69) is 9.97 Å². The van der Waals surface area contributed by atoms with Gasteiger partial charge in [0.15, 0.2) is 6.10 Å². The van der Waals surface area contributed by atoms with Gasteiger partial charge in [-0.2, -0.15) is 0 Å². The summed E-state index contributed by atoms with van der Waals surface area (Å²) >= 11 is 0. The van der Waals surface area contributed by atoms with Crippen LogP contribution in [0.5, 0.6) is 0 Å². The lowest BCUT2D eigenvalue weighted by molar-refractivity contribution is -0.145. The molecule has 23 heavy (non-hydrogen) atoms. The first-order chi connectivity index (χ1) is 11.1. The molecule has 2 heterocycles. The normalized spacial score (nSPS) is 18.3. The second-order valence-corrected chi connectivity index (χ2v) is 5.66. The maximum absolute atomic E-state index is 12.2. The highest BCUT2D eigenvalue weighted by Crippen LogP contribution is 2.13. The number of carbonyl (C=O) groups is 2. The molecule has 1 aromatic heterocycles. The van der Waals surface area contributed by atoms with Gasteiger partial charge >= 0.3 is 0 Å². The van der Waals surface area contributed by atoms with Crippen LogP contribution < -0.4 is 5.73 Å². The number of para-hydroxylation sites is 2. The quantitative estimate of drug-likeness (QED) is 0.843. The molecule has 2 amide bonds.